The van der Waals surface area contributed by atoms with E-state index < -0.39 is 0 Å². The van der Waals surface area contributed by atoms with Gasteiger partial charge in [-0.05, 0) is 51.7 Å². The van der Waals surface area contributed by atoms with E-state index in [1.807, 2.05) is 0 Å². The molecule has 4 nitrogen and oxygen atoms in total. The van der Waals surface area contributed by atoms with Gasteiger partial charge in [0.05, 0.1) is 6.54 Å². The third kappa shape index (κ3) is 5.23. The third-order valence-corrected chi connectivity index (χ3v) is 3.61. The highest BCUT2D eigenvalue weighted by Gasteiger charge is 2.23. The molecule has 2 N–H and O–H groups in total. The first-order valence-electron chi connectivity index (χ1n) is 6.43. The molecule has 1 saturated heterocycles. The molecule has 1 saturated carbocycles. The SMILES string of the molecule is CN(CC(=O)NCC1CC1)C1CCNCC1.Cl. The van der Waals surface area contributed by atoms with Gasteiger partial charge in [0.25, 0.3) is 0 Å². The van der Waals surface area contributed by atoms with Crippen LogP contribution in [0, 0.1) is 5.92 Å². The van der Waals surface area contributed by atoms with E-state index in [0.717, 1.165) is 38.4 Å². The first-order valence-corrected chi connectivity index (χ1v) is 6.43. The Morgan fingerprint density at radius 2 is 1.94 bits per heavy atom. The molecule has 0 aromatic heterocycles. The summed E-state index contributed by atoms with van der Waals surface area (Å²) in [5.74, 6) is 0.959. The molecule has 5 heteroatoms. The molecule has 0 atom stereocenters. The van der Waals surface area contributed by atoms with Crippen LogP contribution in [0.2, 0.25) is 0 Å². The van der Waals surface area contributed by atoms with E-state index in [1.165, 1.54) is 12.8 Å². The molecule has 0 aromatic carbocycles. The van der Waals surface area contributed by atoms with E-state index in [-0.39, 0.29) is 18.3 Å². The van der Waals surface area contributed by atoms with Crippen molar-refractivity contribution in [3.8, 4) is 0 Å². The normalized spacial score (nSPS) is 21.1. The second kappa shape index (κ2) is 7.19. The average molecular weight is 262 g/mol. The molecule has 2 fully saturated rings. The summed E-state index contributed by atoms with van der Waals surface area (Å²) in [6.45, 7) is 3.60. The van der Waals surface area contributed by atoms with Crippen LogP contribution in [0.1, 0.15) is 25.7 Å². The van der Waals surface area contributed by atoms with Crippen LogP contribution in [0.25, 0.3) is 0 Å². The number of nitrogens with zero attached hydrogens (tertiary/aromatic N) is 1. The fourth-order valence-corrected chi connectivity index (χ4v) is 2.24. The summed E-state index contributed by atoms with van der Waals surface area (Å²) in [7, 11) is 2.06. The average Bonchev–Trinajstić information content (AvgIpc) is 3.11. The molecular weight excluding hydrogens is 238 g/mol. The summed E-state index contributed by atoms with van der Waals surface area (Å²) < 4.78 is 0. The van der Waals surface area contributed by atoms with Gasteiger partial charge in [-0.1, -0.05) is 0 Å². The molecule has 17 heavy (non-hydrogen) atoms. The quantitative estimate of drug-likeness (QED) is 0.763. The lowest BCUT2D eigenvalue weighted by Gasteiger charge is -2.31. The zero-order valence-corrected chi connectivity index (χ0v) is 11.4. The molecule has 0 bridgehead atoms. The summed E-state index contributed by atoms with van der Waals surface area (Å²) in [4.78, 5) is 13.9. The first kappa shape index (κ1) is 14.7. The minimum Gasteiger partial charge on any atom is -0.355 e. The van der Waals surface area contributed by atoms with Crippen molar-refractivity contribution in [1.29, 1.82) is 0 Å². The maximum Gasteiger partial charge on any atom is 0.234 e. The van der Waals surface area contributed by atoms with Gasteiger partial charge in [-0.15, -0.1) is 12.4 Å². The monoisotopic (exact) mass is 261 g/mol. The molecule has 1 aliphatic heterocycles. The maximum absolute atomic E-state index is 11.7. The number of amides is 1. The predicted octanol–water partition coefficient (Wildman–Crippen LogP) is 0.618. The summed E-state index contributed by atoms with van der Waals surface area (Å²) in [6.07, 6.45) is 4.91. The highest BCUT2D eigenvalue weighted by atomic mass is 35.5. The van der Waals surface area contributed by atoms with Gasteiger partial charge in [0.2, 0.25) is 5.91 Å². The zero-order chi connectivity index (χ0) is 11.4. The fourth-order valence-electron chi connectivity index (χ4n) is 2.24. The van der Waals surface area contributed by atoms with Gasteiger partial charge >= 0.3 is 0 Å². The number of halogens is 1. The zero-order valence-electron chi connectivity index (χ0n) is 10.6. The second-order valence-electron chi connectivity index (χ2n) is 5.14. The van der Waals surface area contributed by atoms with Crippen LogP contribution in [-0.4, -0.2) is 50.1 Å². The molecule has 2 aliphatic rings. The van der Waals surface area contributed by atoms with E-state index in [1.54, 1.807) is 0 Å². The number of hydrogen-bond acceptors (Lipinski definition) is 3. The number of rotatable bonds is 5. The minimum atomic E-state index is 0. The smallest absolute Gasteiger partial charge is 0.234 e. The molecule has 0 spiro atoms. The Balaban J connectivity index is 0.00000144. The molecule has 1 amide bonds. The molecule has 0 radical (unpaired) electrons. The van der Waals surface area contributed by atoms with Crippen LogP contribution in [0.3, 0.4) is 0 Å². The van der Waals surface area contributed by atoms with Crippen molar-refractivity contribution in [3.63, 3.8) is 0 Å². The van der Waals surface area contributed by atoms with Crippen LogP contribution < -0.4 is 10.6 Å². The summed E-state index contributed by atoms with van der Waals surface area (Å²) in [5, 5.41) is 6.36. The molecule has 1 aliphatic carbocycles. The third-order valence-electron chi connectivity index (χ3n) is 3.61. The number of hydrogen-bond donors (Lipinski definition) is 2. The Labute approximate surface area is 110 Å². The predicted molar refractivity (Wildman–Crippen MR) is 71.5 cm³/mol. The lowest BCUT2D eigenvalue weighted by molar-refractivity contribution is -0.122. The topological polar surface area (TPSA) is 44.4 Å². The first-order chi connectivity index (χ1) is 7.75. The van der Waals surface area contributed by atoms with Gasteiger partial charge in [-0.25, -0.2) is 0 Å². The fraction of sp³-hybridized carbons (Fsp3) is 0.917. The molecule has 100 valence electrons. The summed E-state index contributed by atoms with van der Waals surface area (Å²) >= 11 is 0. The van der Waals surface area contributed by atoms with Gasteiger partial charge in [0.15, 0.2) is 0 Å². The van der Waals surface area contributed by atoms with Crippen LogP contribution >= 0.6 is 12.4 Å². The van der Waals surface area contributed by atoms with Gasteiger partial charge in [-0.3, -0.25) is 9.69 Å². The maximum atomic E-state index is 11.7. The largest absolute Gasteiger partial charge is 0.355 e. The highest BCUT2D eigenvalue weighted by Crippen LogP contribution is 2.27. The van der Waals surface area contributed by atoms with Crippen molar-refractivity contribution in [2.75, 3.05) is 33.2 Å². The van der Waals surface area contributed by atoms with E-state index in [4.69, 9.17) is 0 Å². The van der Waals surface area contributed by atoms with Crippen LogP contribution in [0.5, 0.6) is 0 Å². The molecule has 0 unspecified atom stereocenters. The van der Waals surface area contributed by atoms with Crippen molar-refractivity contribution >= 4 is 18.3 Å². The van der Waals surface area contributed by atoms with Gasteiger partial charge in [-0.2, -0.15) is 0 Å². The van der Waals surface area contributed by atoms with Crippen LogP contribution in [0.15, 0.2) is 0 Å². The van der Waals surface area contributed by atoms with Crippen molar-refractivity contribution in [2.45, 2.75) is 31.7 Å². The molecule has 2 rings (SSSR count). The molecular formula is C12H24ClN3O. The van der Waals surface area contributed by atoms with Crippen LogP contribution in [0.4, 0.5) is 0 Å². The van der Waals surface area contributed by atoms with Crippen molar-refractivity contribution in [1.82, 2.24) is 15.5 Å². The molecule has 1 heterocycles. The Morgan fingerprint density at radius 3 is 2.53 bits per heavy atom. The van der Waals surface area contributed by atoms with Gasteiger partial charge in [0.1, 0.15) is 0 Å². The van der Waals surface area contributed by atoms with E-state index in [2.05, 4.69) is 22.6 Å². The van der Waals surface area contributed by atoms with Gasteiger partial charge in [0, 0.05) is 12.6 Å². The Hall–Kier alpha value is -0.320. The van der Waals surface area contributed by atoms with E-state index in [0.29, 0.717) is 12.6 Å². The number of nitrogens with one attached hydrogen (secondary N) is 2. The highest BCUT2D eigenvalue weighted by molar-refractivity contribution is 5.85. The Morgan fingerprint density at radius 1 is 1.29 bits per heavy atom. The van der Waals surface area contributed by atoms with E-state index >= 15 is 0 Å². The summed E-state index contributed by atoms with van der Waals surface area (Å²) in [5.41, 5.74) is 0. The number of piperidine rings is 1. The van der Waals surface area contributed by atoms with E-state index in [9.17, 15) is 4.79 Å². The standard InChI is InChI=1S/C12H23N3O.ClH/c1-15(11-4-6-13-7-5-11)9-12(16)14-8-10-2-3-10;/h10-11,13H,2-9H2,1H3,(H,14,16);1H. The molecule has 0 aromatic rings. The van der Waals surface area contributed by atoms with Gasteiger partial charge < -0.3 is 10.6 Å². The van der Waals surface area contributed by atoms with Crippen molar-refractivity contribution < 1.29 is 4.79 Å². The number of carbonyl (C=O) groups excluding carboxylic acids is 1. The lowest BCUT2D eigenvalue weighted by atomic mass is 10.1. The lowest BCUT2D eigenvalue weighted by Crippen LogP contribution is -2.45. The number of likely N-dealkylation sites (N-methyl/N-ethyl adjacent to an activating group) is 1. The Kier molecular flexibility index (Phi) is 6.23. The minimum absolute atomic E-state index is 0. The van der Waals surface area contributed by atoms with Crippen molar-refractivity contribution in [3.05, 3.63) is 0 Å². The second-order valence-corrected chi connectivity index (χ2v) is 5.14. The van der Waals surface area contributed by atoms with Crippen LogP contribution in [-0.2, 0) is 4.79 Å². The van der Waals surface area contributed by atoms with Crippen molar-refractivity contribution in [2.24, 2.45) is 5.92 Å². The Bertz CT molecular complexity index is 240. The number of carbonyl (C=O) groups is 1. The summed E-state index contributed by atoms with van der Waals surface area (Å²) in [6, 6.07) is 0.577.